The van der Waals surface area contributed by atoms with Gasteiger partial charge in [-0.3, -0.25) is 9.36 Å². The van der Waals surface area contributed by atoms with Crippen molar-refractivity contribution in [3.8, 4) is 17.1 Å². The molecular weight excluding hydrogens is 455 g/mol. The van der Waals surface area contributed by atoms with Crippen LogP contribution in [0, 0.1) is 0 Å². The van der Waals surface area contributed by atoms with Gasteiger partial charge in [-0.15, -0.1) is 10.2 Å². The summed E-state index contributed by atoms with van der Waals surface area (Å²) >= 11 is 13.4. The lowest BCUT2D eigenvalue weighted by atomic mass is 10.2. The van der Waals surface area contributed by atoms with Crippen molar-refractivity contribution in [2.24, 2.45) is 0 Å². The molecule has 0 N–H and O–H groups in total. The second-order valence-corrected chi connectivity index (χ2v) is 8.56. The molecule has 9 heteroatoms. The van der Waals surface area contributed by atoms with E-state index in [-0.39, 0.29) is 11.7 Å². The van der Waals surface area contributed by atoms with Crippen LogP contribution in [0.25, 0.3) is 17.1 Å². The topological polar surface area (TPSA) is 64.2 Å². The Balaban J connectivity index is 1.59. The lowest BCUT2D eigenvalue weighted by Gasteiger charge is -2.15. The van der Waals surface area contributed by atoms with Gasteiger partial charge in [0.25, 0.3) is 0 Å². The van der Waals surface area contributed by atoms with Crippen molar-refractivity contribution in [3.63, 3.8) is 0 Å². The van der Waals surface area contributed by atoms with Gasteiger partial charge >= 0.3 is 0 Å². The van der Waals surface area contributed by atoms with Crippen molar-refractivity contribution >= 4 is 40.9 Å². The van der Waals surface area contributed by atoms with Crippen LogP contribution in [-0.2, 0) is 11.3 Å². The first-order valence-corrected chi connectivity index (χ1v) is 11.1. The molecule has 0 unspecified atom stereocenters. The van der Waals surface area contributed by atoms with Crippen LogP contribution in [0.5, 0.6) is 0 Å². The molecular formula is C22H18Cl2N4O2S. The highest BCUT2D eigenvalue weighted by Crippen LogP contribution is 2.29. The van der Waals surface area contributed by atoms with E-state index in [1.807, 2.05) is 34.9 Å². The molecule has 0 aliphatic rings. The van der Waals surface area contributed by atoms with E-state index in [1.165, 1.54) is 11.8 Å². The van der Waals surface area contributed by atoms with Gasteiger partial charge in [0.1, 0.15) is 5.76 Å². The minimum Gasteiger partial charge on any atom is -0.467 e. The van der Waals surface area contributed by atoms with Crippen LogP contribution in [0.1, 0.15) is 5.76 Å². The van der Waals surface area contributed by atoms with Crippen LogP contribution in [0.3, 0.4) is 0 Å². The number of furan rings is 1. The standard InChI is InChI=1S/C22H18Cl2N4O2S/c1-27(13-19-3-2-12-30-19)20(29)14-31-22-26-25-21(15-4-6-16(23)7-5-15)28(22)18-10-8-17(24)9-11-18/h2-12H,13-14H2,1H3. The maximum atomic E-state index is 12.6. The number of hydrogen-bond donors (Lipinski definition) is 0. The Kier molecular flexibility index (Phi) is 6.65. The normalized spacial score (nSPS) is 10.9. The quantitative estimate of drug-likeness (QED) is 0.328. The summed E-state index contributed by atoms with van der Waals surface area (Å²) < 4.78 is 7.22. The minimum atomic E-state index is -0.0416. The Bertz CT molecular complexity index is 1160. The van der Waals surface area contributed by atoms with Gasteiger partial charge in [0, 0.05) is 28.3 Å². The molecule has 0 aliphatic heterocycles. The van der Waals surface area contributed by atoms with Gasteiger partial charge in [-0.25, -0.2) is 0 Å². The number of hydrogen-bond acceptors (Lipinski definition) is 5. The van der Waals surface area contributed by atoms with Gasteiger partial charge < -0.3 is 9.32 Å². The summed E-state index contributed by atoms with van der Waals surface area (Å²) in [5.41, 5.74) is 1.71. The summed E-state index contributed by atoms with van der Waals surface area (Å²) in [6.45, 7) is 0.409. The summed E-state index contributed by atoms with van der Waals surface area (Å²) in [5, 5.41) is 10.6. The van der Waals surface area contributed by atoms with Gasteiger partial charge in [0.05, 0.1) is 18.6 Å². The number of nitrogens with zero attached hydrogens (tertiary/aromatic N) is 4. The second kappa shape index (κ2) is 9.60. The summed E-state index contributed by atoms with van der Waals surface area (Å²) in [4.78, 5) is 14.2. The number of carbonyl (C=O) groups excluding carboxylic acids is 1. The zero-order valence-electron chi connectivity index (χ0n) is 16.5. The van der Waals surface area contributed by atoms with Gasteiger partial charge in [-0.05, 0) is 60.7 Å². The Hall–Kier alpha value is -2.74. The number of amides is 1. The number of carbonyl (C=O) groups is 1. The highest BCUT2D eigenvalue weighted by atomic mass is 35.5. The maximum absolute atomic E-state index is 12.6. The molecule has 6 nitrogen and oxygen atoms in total. The lowest BCUT2D eigenvalue weighted by Crippen LogP contribution is -2.27. The third-order valence-corrected chi connectivity index (χ3v) is 5.96. The monoisotopic (exact) mass is 472 g/mol. The molecule has 4 rings (SSSR count). The van der Waals surface area contributed by atoms with Crippen molar-refractivity contribution in [1.29, 1.82) is 0 Å². The third-order valence-electron chi connectivity index (χ3n) is 4.54. The predicted molar refractivity (Wildman–Crippen MR) is 123 cm³/mol. The Morgan fingerprint density at radius 3 is 2.35 bits per heavy atom. The summed E-state index contributed by atoms with van der Waals surface area (Å²) in [7, 11) is 1.74. The first-order valence-electron chi connectivity index (χ1n) is 9.37. The van der Waals surface area contributed by atoms with Crippen LogP contribution >= 0.6 is 35.0 Å². The number of thioether (sulfide) groups is 1. The highest BCUT2D eigenvalue weighted by Gasteiger charge is 2.19. The molecule has 1 amide bonds. The molecule has 0 radical (unpaired) electrons. The van der Waals surface area contributed by atoms with E-state index in [2.05, 4.69) is 10.2 Å². The molecule has 158 valence electrons. The van der Waals surface area contributed by atoms with Crippen LogP contribution in [0.15, 0.2) is 76.5 Å². The van der Waals surface area contributed by atoms with Gasteiger partial charge in [-0.2, -0.15) is 0 Å². The first kappa shape index (κ1) is 21.5. The Labute approximate surface area is 193 Å². The molecule has 0 spiro atoms. The average Bonchev–Trinajstić information content (AvgIpc) is 3.43. The molecule has 0 atom stereocenters. The highest BCUT2D eigenvalue weighted by molar-refractivity contribution is 7.99. The number of aromatic nitrogens is 3. The maximum Gasteiger partial charge on any atom is 0.233 e. The molecule has 0 saturated heterocycles. The fourth-order valence-electron chi connectivity index (χ4n) is 2.93. The fraction of sp³-hybridized carbons (Fsp3) is 0.136. The molecule has 0 fully saturated rings. The van der Waals surface area contributed by atoms with E-state index in [0.29, 0.717) is 27.6 Å². The van der Waals surface area contributed by atoms with Crippen molar-refractivity contribution < 1.29 is 9.21 Å². The van der Waals surface area contributed by atoms with Crippen LogP contribution in [-0.4, -0.2) is 38.4 Å². The van der Waals surface area contributed by atoms with Crippen LogP contribution in [0.2, 0.25) is 10.0 Å². The Morgan fingerprint density at radius 2 is 1.71 bits per heavy atom. The lowest BCUT2D eigenvalue weighted by molar-refractivity contribution is -0.127. The summed E-state index contributed by atoms with van der Waals surface area (Å²) in [6, 6.07) is 18.4. The Morgan fingerprint density at radius 1 is 1.03 bits per heavy atom. The van der Waals surface area contributed by atoms with Gasteiger partial charge in [0.2, 0.25) is 5.91 Å². The van der Waals surface area contributed by atoms with Gasteiger partial charge in [0.15, 0.2) is 11.0 Å². The first-order chi connectivity index (χ1) is 15.0. The predicted octanol–water partition coefficient (Wildman–Crippen LogP) is 5.58. The van der Waals surface area contributed by atoms with E-state index < -0.39 is 0 Å². The van der Waals surface area contributed by atoms with E-state index in [1.54, 1.807) is 48.5 Å². The van der Waals surface area contributed by atoms with Crippen molar-refractivity contribution in [3.05, 3.63) is 82.7 Å². The molecule has 0 bridgehead atoms. The molecule has 0 saturated carbocycles. The second-order valence-electron chi connectivity index (χ2n) is 6.74. The minimum absolute atomic E-state index is 0.0416. The van der Waals surface area contributed by atoms with Crippen LogP contribution < -0.4 is 0 Å². The van der Waals surface area contributed by atoms with E-state index in [9.17, 15) is 4.79 Å². The number of halogens is 2. The summed E-state index contributed by atoms with van der Waals surface area (Å²) in [6.07, 6.45) is 1.59. The van der Waals surface area contributed by atoms with Gasteiger partial charge in [-0.1, -0.05) is 35.0 Å². The van der Waals surface area contributed by atoms with E-state index >= 15 is 0 Å². The molecule has 31 heavy (non-hydrogen) atoms. The van der Waals surface area contributed by atoms with E-state index in [0.717, 1.165) is 17.0 Å². The van der Waals surface area contributed by atoms with E-state index in [4.69, 9.17) is 27.6 Å². The van der Waals surface area contributed by atoms with Crippen LogP contribution in [0.4, 0.5) is 0 Å². The largest absolute Gasteiger partial charge is 0.467 e. The average molecular weight is 473 g/mol. The third kappa shape index (κ3) is 5.12. The number of benzene rings is 2. The molecule has 0 aliphatic carbocycles. The van der Waals surface area contributed by atoms with Crippen molar-refractivity contribution in [2.45, 2.75) is 11.7 Å². The SMILES string of the molecule is CN(Cc1ccco1)C(=O)CSc1nnc(-c2ccc(Cl)cc2)n1-c1ccc(Cl)cc1. The van der Waals surface area contributed by atoms with Crippen molar-refractivity contribution in [2.75, 3.05) is 12.8 Å². The smallest absolute Gasteiger partial charge is 0.233 e. The molecule has 2 heterocycles. The number of rotatable bonds is 7. The zero-order valence-corrected chi connectivity index (χ0v) is 18.9. The zero-order chi connectivity index (χ0) is 21.8. The summed E-state index contributed by atoms with van der Waals surface area (Å²) in [5.74, 6) is 1.55. The molecule has 2 aromatic heterocycles. The fourth-order valence-corrected chi connectivity index (χ4v) is 4.08. The van der Waals surface area contributed by atoms with Crippen molar-refractivity contribution in [1.82, 2.24) is 19.7 Å². The molecule has 4 aromatic rings. The molecule has 2 aromatic carbocycles.